The Bertz CT molecular complexity index is 436. The molecule has 1 aromatic heterocycles. The smallest absolute Gasteiger partial charge is 0.268 e. The molecule has 2 atom stereocenters. The van der Waals surface area contributed by atoms with E-state index in [4.69, 9.17) is 0 Å². The molecule has 2 aliphatic heterocycles. The molecule has 1 amide bonds. The number of rotatable bonds is 1. The molecule has 2 unspecified atom stereocenters. The van der Waals surface area contributed by atoms with Crippen molar-refractivity contribution < 1.29 is 4.79 Å². The third-order valence-electron chi connectivity index (χ3n) is 3.76. The number of fused-ring (bicyclic) bond motifs is 2. The molecule has 2 saturated heterocycles. The maximum atomic E-state index is 12.5. The fourth-order valence-electron chi connectivity index (χ4n) is 2.99. The summed E-state index contributed by atoms with van der Waals surface area (Å²) < 4.78 is 3.86. The van der Waals surface area contributed by atoms with Crippen LogP contribution in [-0.2, 0) is 0 Å². The quantitative estimate of drug-likeness (QED) is 0.747. The number of hydrogen-bond donors (Lipinski definition) is 0. The number of amides is 1. The molecule has 0 saturated carbocycles. The summed E-state index contributed by atoms with van der Waals surface area (Å²) in [6.07, 6.45) is 4.44. The Morgan fingerprint density at radius 1 is 1.41 bits per heavy atom. The van der Waals surface area contributed by atoms with Gasteiger partial charge in [-0.25, -0.2) is 0 Å². The third-order valence-corrected chi connectivity index (χ3v) is 5.32. The molecule has 3 rings (SSSR count). The van der Waals surface area contributed by atoms with Crippen LogP contribution in [0.2, 0.25) is 0 Å². The first-order chi connectivity index (χ1) is 8.16. The molecule has 0 spiro atoms. The number of carbonyl (C=O) groups excluding carboxylic acids is 1. The number of halogens is 1. The van der Waals surface area contributed by atoms with Crippen LogP contribution in [0.3, 0.4) is 0 Å². The number of aromatic nitrogens is 2. The lowest BCUT2D eigenvalue weighted by atomic mass is 10.0. The molecule has 0 aromatic carbocycles. The summed E-state index contributed by atoms with van der Waals surface area (Å²) in [5.41, 5.74) is 0.764. The number of hydrogen-bond acceptors (Lipinski definition) is 4. The van der Waals surface area contributed by atoms with Crippen LogP contribution in [0.4, 0.5) is 0 Å². The van der Waals surface area contributed by atoms with Gasteiger partial charge in [0.1, 0.15) is 4.88 Å². The minimum absolute atomic E-state index is 0.143. The molecule has 2 aliphatic rings. The first-order valence-electron chi connectivity index (χ1n) is 5.92. The van der Waals surface area contributed by atoms with Gasteiger partial charge in [-0.1, -0.05) is 20.4 Å². The first-order valence-corrected chi connectivity index (χ1v) is 7.61. The summed E-state index contributed by atoms with van der Waals surface area (Å²) in [5, 5.41) is 3.93. The highest BCUT2D eigenvalue weighted by Gasteiger charge is 2.43. The highest BCUT2D eigenvalue weighted by molar-refractivity contribution is 9.09. The molecule has 4 nitrogen and oxygen atoms in total. The van der Waals surface area contributed by atoms with Gasteiger partial charge in [0, 0.05) is 16.9 Å². The molecule has 17 heavy (non-hydrogen) atoms. The first kappa shape index (κ1) is 11.6. The molecule has 2 fully saturated rings. The number of piperidine rings is 1. The van der Waals surface area contributed by atoms with Gasteiger partial charge >= 0.3 is 0 Å². The monoisotopic (exact) mass is 315 g/mol. The summed E-state index contributed by atoms with van der Waals surface area (Å²) in [6, 6.07) is 0.819. The lowest BCUT2D eigenvalue weighted by Crippen LogP contribution is -2.46. The van der Waals surface area contributed by atoms with Gasteiger partial charge in [0.25, 0.3) is 5.91 Å². The van der Waals surface area contributed by atoms with Gasteiger partial charge in [0.15, 0.2) is 0 Å². The van der Waals surface area contributed by atoms with Gasteiger partial charge in [-0.2, -0.15) is 0 Å². The molecule has 6 heteroatoms. The molecule has 2 bridgehead atoms. The van der Waals surface area contributed by atoms with Crippen molar-refractivity contribution in [2.45, 2.75) is 49.5 Å². The Morgan fingerprint density at radius 3 is 2.59 bits per heavy atom. The van der Waals surface area contributed by atoms with Crippen LogP contribution in [0.25, 0.3) is 0 Å². The van der Waals surface area contributed by atoms with Crippen LogP contribution in [0.15, 0.2) is 0 Å². The van der Waals surface area contributed by atoms with Crippen molar-refractivity contribution in [3.8, 4) is 0 Å². The van der Waals surface area contributed by atoms with Crippen molar-refractivity contribution in [2.24, 2.45) is 0 Å². The van der Waals surface area contributed by atoms with E-state index in [0.29, 0.717) is 16.9 Å². The minimum Gasteiger partial charge on any atom is -0.332 e. The fourth-order valence-corrected chi connectivity index (χ4v) is 4.45. The van der Waals surface area contributed by atoms with Crippen molar-refractivity contribution in [1.82, 2.24) is 14.5 Å². The van der Waals surface area contributed by atoms with Gasteiger partial charge in [-0.3, -0.25) is 4.79 Å². The highest BCUT2D eigenvalue weighted by atomic mass is 79.9. The molecule has 92 valence electrons. The van der Waals surface area contributed by atoms with E-state index in [1.54, 1.807) is 0 Å². The molecule has 1 aromatic rings. The average Bonchev–Trinajstić information content (AvgIpc) is 2.81. The maximum absolute atomic E-state index is 12.5. The molecule has 0 N–H and O–H groups in total. The average molecular weight is 316 g/mol. The van der Waals surface area contributed by atoms with Gasteiger partial charge in [0.2, 0.25) is 0 Å². The van der Waals surface area contributed by atoms with E-state index in [9.17, 15) is 4.79 Å². The van der Waals surface area contributed by atoms with Crippen LogP contribution in [-0.4, -0.2) is 37.3 Å². The molecular weight excluding hydrogens is 302 g/mol. The zero-order chi connectivity index (χ0) is 12.0. The lowest BCUT2D eigenvalue weighted by molar-refractivity contribution is 0.0607. The molecular formula is C11H14BrN3OS. The topological polar surface area (TPSA) is 46.1 Å². The summed E-state index contributed by atoms with van der Waals surface area (Å²) in [5.74, 6) is 0.143. The SMILES string of the molecule is Cc1nnsc1C(=O)N1C2CCC1CC(Br)C2. The van der Waals surface area contributed by atoms with E-state index in [2.05, 4.69) is 30.4 Å². The Labute approximate surface area is 113 Å². The summed E-state index contributed by atoms with van der Waals surface area (Å²) >= 11 is 4.91. The van der Waals surface area contributed by atoms with Crippen molar-refractivity contribution in [1.29, 1.82) is 0 Å². The zero-order valence-corrected chi connectivity index (χ0v) is 12.0. The second-order valence-electron chi connectivity index (χ2n) is 4.85. The van der Waals surface area contributed by atoms with E-state index in [1.807, 2.05) is 6.92 Å². The van der Waals surface area contributed by atoms with E-state index in [-0.39, 0.29) is 5.91 Å². The number of alkyl halides is 1. The van der Waals surface area contributed by atoms with Gasteiger partial charge < -0.3 is 4.90 Å². The Balaban J connectivity index is 1.86. The van der Waals surface area contributed by atoms with Crippen LogP contribution in [0.5, 0.6) is 0 Å². The van der Waals surface area contributed by atoms with Gasteiger partial charge in [-0.15, -0.1) is 5.10 Å². The number of carbonyl (C=O) groups is 1. The summed E-state index contributed by atoms with van der Waals surface area (Å²) in [4.78, 5) is 15.9. The predicted molar refractivity (Wildman–Crippen MR) is 69.6 cm³/mol. The fraction of sp³-hybridized carbons (Fsp3) is 0.727. The highest BCUT2D eigenvalue weighted by Crippen LogP contribution is 2.39. The Kier molecular flexibility index (Phi) is 2.94. The standard InChI is InChI=1S/C11H14BrN3OS/c1-6-10(17-14-13-6)11(16)15-8-2-3-9(15)5-7(12)4-8/h7-9H,2-5H2,1H3. The van der Waals surface area contributed by atoms with Crippen LogP contribution in [0.1, 0.15) is 41.0 Å². The van der Waals surface area contributed by atoms with Crippen LogP contribution in [0, 0.1) is 6.92 Å². The Morgan fingerprint density at radius 2 is 2.06 bits per heavy atom. The normalized spacial score (nSPS) is 31.9. The largest absolute Gasteiger partial charge is 0.332 e. The van der Waals surface area contributed by atoms with Crippen molar-refractivity contribution in [3.05, 3.63) is 10.6 Å². The van der Waals surface area contributed by atoms with Gasteiger partial charge in [-0.05, 0) is 44.1 Å². The van der Waals surface area contributed by atoms with Gasteiger partial charge in [0.05, 0.1) is 5.69 Å². The maximum Gasteiger partial charge on any atom is 0.268 e. The second-order valence-corrected chi connectivity index (χ2v) is 6.90. The number of aryl methyl sites for hydroxylation is 1. The van der Waals surface area contributed by atoms with E-state index in [1.165, 1.54) is 11.5 Å². The van der Waals surface area contributed by atoms with E-state index < -0.39 is 0 Å². The predicted octanol–water partition coefficient (Wildman–Crippen LogP) is 2.38. The zero-order valence-electron chi connectivity index (χ0n) is 9.60. The second kappa shape index (κ2) is 4.31. The van der Waals surface area contributed by atoms with Crippen LogP contribution >= 0.6 is 27.5 Å². The van der Waals surface area contributed by atoms with Crippen molar-refractivity contribution in [2.75, 3.05) is 0 Å². The summed E-state index contributed by atoms with van der Waals surface area (Å²) in [7, 11) is 0. The van der Waals surface area contributed by atoms with Crippen molar-refractivity contribution >= 4 is 33.4 Å². The van der Waals surface area contributed by atoms with E-state index >= 15 is 0 Å². The number of nitrogens with zero attached hydrogens (tertiary/aromatic N) is 3. The molecule has 3 heterocycles. The molecule has 0 aliphatic carbocycles. The van der Waals surface area contributed by atoms with Crippen LogP contribution < -0.4 is 0 Å². The third kappa shape index (κ3) is 1.91. The van der Waals surface area contributed by atoms with Crippen molar-refractivity contribution in [3.63, 3.8) is 0 Å². The lowest BCUT2D eigenvalue weighted by Gasteiger charge is -2.36. The summed E-state index contributed by atoms with van der Waals surface area (Å²) in [6.45, 7) is 1.86. The van der Waals surface area contributed by atoms with E-state index in [0.717, 1.165) is 36.3 Å². The Hall–Kier alpha value is -0.490. The minimum atomic E-state index is 0.143. The molecule has 0 radical (unpaired) electrons.